The van der Waals surface area contributed by atoms with E-state index in [9.17, 15) is 4.79 Å². The predicted molar refractivity (Wildman–Crippen MR) is 135 cm³/mol. The van der Waals surface area contributed by atoms with Gasteiger partial charge < -0.3 is 15.4 Å². The number of fused-ring (bicyclic) bond motifs is 1. The molecule has 0 bridgehead atoms. The van der Waals surface area contributed by atoms with E-state index in [4.69, 9.17) is 21.3 Å². The summed E-state index contributed by atoms with van der Waals surface area (Å²) in [6, 6.07) is 8.62. The summed E-state index contributed by atoms with van der Waals surface area (Å²) >= 11 is 6.32. The third kappa shape index (κ3) is 4.91. The van der Waals surface area contributed by atoms with Crippen LogP contribution in [0.3, 0.4) is 0 Å². The van der Waals surface area contributed by atoms with Crippen LogP contribution >= 0.6 is 11.6 Å². The Balaban J connectivity index is 1.30. The molecule has 8 heteroatoms. The summed E-state index contributed by atoms with van der Waals surface area (Å²) in [6.45, 7) is 7.84. The number of carbonyl (C=O) groups excluding carboxylic acids is 1. The molecule has 0 spiro atoms. The first-order chi connectivity index (χ1) is 16.3. The Bertz CT molecular complexity index is 1200. The lowest BCUT2D eigenvalue weighted by Gasteiger charge is -2.31. The molecule has 1 saturated heterocycles. The van der Waals surface area contributed by atoms with Crippen LogP contribution in [0.15, 0.2) is 36.7 Å². The van der Waals surface area contributed by atoms with E-state index in [-0.39, 0.29) is 29.4 Å². The normalized spacial score (nSPS) is 21.3. The molecular weight excluding hydrogens is 450 g/mol. The molecule has 34 heavy (non-hydrogen) atoms. The number of anilines is 1. The fourth-order valence-electron chi connectivity index (χ4n) is 4.67. The second-order valence-corrected chi connectivity index (χ2v) is 11.0. The van der Waals surface area contributed by atoms with Gasteiger partial charge >= 0.3 is 0 Å². The standard InChI is InChI=1S/C26H32ClN5O2/c1-26(2,3)24-11-23(21-9-17(27)7-8-22(21)31-24)29-18-5-4-6-19(10-18)30-25(33)16-12-28-32(13-16)20-14-34-15-20/h7-9,11-13,18-20H,4-6,10,14-15H2,1-3H3,(H,29,31)(H,30,33)/t18-,19+/m0/s1. The van der Waals surface area contributed by atoms with Crippen LogP contribution in [-0.4, -0.2) is 46.0 Å². The van der Waals surface area contributed by atoms with Crippen LogP contribution in [0.5, 0.6) is 0 Å². The molecule has 2 fully saturated rings. The maximum Gasteiger partial charge on any atom is 0.254 e. The van der Waals surface area contributed by atoms with E-state index in [1.165, 1.54) is 0 Å². The van der Waals surface area contributed by atoms with Crippen molar-refractivity contribution in [1.82, 2.24) is 20.1 Å². The van der Waals surface area contributed by atoms with Gasteiger partial charge in [0.2, 0.25) is 0 Å². The Hall–Kier alpha value is -2.64. The highest BCUT2D eigenvalue weighted by atomic mass is 35.5. The Kier molecular flexibility index (Phi) is 6.25. The molecule has 0 radical (unpaired) electrons. The highest BCUT2D eigenvalue weighted by molar-refractivity contribution is 6.31. The summed E-state index contributed by atoms with van der Waals surface area (Å²) in [5.41, 5.74) is 3.57. The number of aromatic nitrogens is 3. The second-order valence-electron chi connectivity index (χ2n) is 10.5. The van der Waals surface area contributed by atoms with E-state index < -0.39 is 0 Å². The lowest BCUT2D eigenvalue weighted by molar-refractivity contribution is -0.0286. The Morgan fingerprint density at radius 1 is 1.18 bits per heavy atom. The number of carbonyl (C=O) groups is 1. The van der Waals surface area contributed by atoms with Crippen molar-refractivity contribution in [3.63, 3.8) is 0 Å². The first-order valence-electron chi connectivity index (χ1n) is 12.1. The van der Waals surface area contributed by atoms with Gasteiger partial charge in [0.05, 0.1) is 36.5 Å². The van der Waals surface area contributed by atoms with Crippen molar-refractivity contribution in [2.45, 2.75) is 70.0 Å². The molecule has 180 valence electrons. The number of hydrogen-bond acceptors (Lipinski definition) is 5. The Labute approximate surface area is 205 Å². The smallest absolute Gasteiger partial charge is 0.254 e. The predicted octanol–water partition coefficient (Wildman–Crippen LogP) is 5.11. The summed E-state index contributed by atoms with van der Waals surface area (Å²) in [4.78, 5) is 17.7. The summed E-state index contributed by atoms with van der Waals surface area (Å²) in [6.07, 6.45) is 7.42. The Morgan fingerprint density at radius 3 is 2.71 bits per heavy atom. The van der Waals surface area contributed by atoms with Crippen molar-refractivity contribution in [2.24, 2.45) is 0 Å². The van der Waals surface area contributed by atoms with Gasteiger partial charge in [-0.05, 0) is 49.9 Å². The molecule has 2 aromatic heterocycles. The molecule has 2 atom stereocenters. The second kappa shape index (κ2) is 9.19. The number of rotatable bonds is 5. The molecule has 1 amide bonds. The third-order valence-corrected chi connectivity index (χ3v) is 7.00. The highest BCUT2D eigenvalue weighted by Gasteiger charge is 2.27. The minimum Gasteiger partial charge on any atom is -0.382 e. The third-order valence-electron chi connectivity index (χ3n) is 6.77. The number of hydrogen-bond donors (Lipinski definition) is 2. The number of nitrogens with zero attached hydrogens (tertiary/aromatic N) is 3. The zero-order valence-electron chi connectivity index (χ0n) is 20.0. The molecular formula is C26H32ClN5O2. The molecule has 0 unspecified atom stereocenters. The van der Waals surface area contributed by atoms with Gasteiger partial charge in [-0.15, -0.1) is 0 Å². The molecule has 1 aliphatic carbocycles. The fourth-order valence-corrected chi connectivity index (χ4v) is 4.85. The maximum atomic E-state index is 12.8. The van der Waals surface area contributed by atoms with Crippen molar-refractivity contribution in [2.75, 3.05) is 18.5 Å². The number of benzene rings is 1. The molecule has 1 aromatic carbocycles. The van der Waals surface area contributed by atoms with Crippen LogP contribution in [0.2, 0.25) is 5.02 Å². The van der Waals surface area contributed by atoms with Gasteiger partial charge in [-0.2, -0.15) is 5.10 Å². The van der Waals surface area contributed by atoms with E-state index in [1.807, 2.05) is 29.1 Å². The largest absolute Gasteiger partial charge is 0.382 e. The number of nitrogens with one attached hydrogen (secondary N) is 2. The van der Waals surface area contributed by atoms with Crippen LogP contribution in [0.1, 0.15) is 68.5 Å². The van der Waals surface area contributed by atoms with Gasteiger partial charge in [-0.25, -0.2) is 0 Å². The van der Waals surface area contributed by atoms with E-state index in [0.29, 0.717) is 23.8 Å². The minimum atomic E-state index is -0.0661. The molecule has 3 aromatic rings. The average molecular weight is 482 g/mol. The van der Waals surface area contributed by atoms with Gasteiger partial charge in [-0.3, -0.25) is 14.5 Å². The first-order valence-corrected chi connectivity index (χ1v) is 12.4. The molecule has 2 aliphatic rings. The quantitative estimate of drug-likeness (QED) is 0.529. The van der Waals surface area contributed by atoms with Gasteiger partial charge in [0, 0.05) is 45.5 Å². The van der Waals surface area contributed by atoms with Crippen LogP contribution in [-0.2, 0) is 10.2 Å². The van der Waals surface area contributed by atoms with Crippen molar-refractivity contribution in [3.8, 4) is 0 Å². The van der Waals surface area contributed by atoms with Crippen LogP contribution in [0.4, 0.5) is 5.69 Å². The minimum absolute atomic E-state index is 0.0618. The molecule has 5 rings (SSSR count). The van der Waals surface area contributed by atoms with Gasteiger partial charge in [0.15, 0.2) is 0 Å². The van der Waals surface area contributed by atoms with E-state index >= 15 is 0 Å². The molecule has 1 saturated carbocycles. The SMILES string of the molecule is CC(C)(C)c1cc(N[C@H]2CCC[C@@H](NC(=O)c3cnn(C4COC4)c3)C2)c2cc(Cl)ccc2n1. The van der Waals surface area contributed by atoms with Gasteiger partial charge in [0.1, 0.15) is 0 Å². The molecule has 7 nitrogen and oxygen atoms in total. The lowest BCUT2D eigenvalue weighted by atomic mass is 9.89. The van der Waals surface area contributed by atoms with Gasteiger partial charge in [0.25, 0.3) is 5.91 Å². The molecule has 1 aliphatic heterocycles. The zero-order chi connectivity index (χ0) is 23.9. The topological polar surface area (TPSA) is 81.1 Å². The number of ether oxygens (including phenoxy) is 1. The number of halogens is 1. The van der Waals surface area contributed by atoms with E-state index in [1.54, 1.807) is 6.20 Å². The molecule has 3 heterocycles. The van der Waals surface area contributed by atoms with E-state index in [0.717, 1.165) is 48.0 Å². The highest BCUT2D eigenvalue weighted by Crippen LogP contribution is 2.33. The number of pyridine rings is 1. The fraction of sp³-hybridized carbons (Fsp3) is 0.500. The summed E-state index contributed by atoms with van der Waals surface area (Å²) in [5.74, 6) is -0.0618. The summed E-state index contributed by atoms with van der Waals surface area (Å²) in [5, 5.41) is 13.0. The van der Waals surface area contributed by atoms with Crippen LogP contribution in [0, 0.1) is 0 Å². The maximum absolute atomic E-state index is 12.8. The first kappa shape index (κ1) is 23.1. The zero-order valence-corrected chi connectivity index (χ0v) is 20.7. The van der Waals surface area contributed by atoms with Gasteiger partial charge in [-0.1, -0.05) is 32.4 Å². The van der Waals surface area contributed by atoms with Crippen molar-refractivity contribution >= 4 is 34.1 Å². The van der Waals surface area contributed by atoms with Crippen molar-refractivity contribution in [3.05, 3.63) is 52.9 Å². The summed E-state index contributed by atoms with van der Waals surface area (Å²) < 4.78 is 7.05. The Morgan fingerprint density at radius 2 is 1.97 bits per heavy atom. The van der Waals surface area contributed by atoms with Crippen molar-refractivity contribution < 1.29 is 9.53 Å². The average Bonchev–Trinajstić information content (AvgIpc) is 3.22. The lowest BCUT2D eigenvalue weighted by Crippen LogP contribution is -2.41. The van der Waals surface area contributed by atoms with Crippen LogP contribution < -0.4 is 10.6 Å². The molecule has 2 N–H and O–H groups in total. The monoisotopic (exact) mass is 481 g/mol. The van der Waals surface area contributed by atoms with Crippen molar-refractivity contribution in [1.29, 1.82) is 0 Å². The van der Waals surface area contributed by atoms with Crippen LogP contribution in [0.25, 0.3) is 10.9 Å². The van der Waals surface area contributed by atoms with E-state index in [2.05, 4.69) is 42.6 Å². The number of amides is 1. The summed E-state index contributed by atoms with van der Waals surface area (Å²) in [7, 11) is 0.